The number of aryl methyl sites for hydroxylation is 1. The average Bonchev–Trinajstić information content (AvgIpc) is 2.98. The monoisotopic (exact) mass is 327 g/mol. The van der Waals surface area contributed by atoms with Crippen LogP contribution in [0.15, 0.2) is 23.1 Å². The number of ether oxygens (including phenoxy) is 1. The van der Waals surface area contributed by atoms with E-state index in [-0.39, 0.29) is 16.9 Å². The number of hydrogen-bond donors (Lipinski definition) is 3. The van der Waals surface area contributed by atoms with E-state index in [9.17, 15) is 13.2 Å². The molecule has 122 valence electrons. The van der Waals surface area contributed by atoms with Crippen LogP contribution in [0.25, 0.3) is 0 Å². The van der Waals surface area contributed by atoms with Crippen molar-refractivity contribution in [1.29, 1.82) is 0 Å². The van der Waals surface area contributed by atoms with E-state index < -0.39 is 16.1 Å². The molecule has 4 N–H and O–H groups in total. The molecule has 1 aromatic rings. The van der Waals surface area contributed by atoms with E-state index >= 15 is 0 Å². The number of carbonyl (C=O) groups is 1. The number of nitrogens with one attached hydrogen (secondary N) is 2. The van der Waals surface area contributed by atoms with E-state index in [1.807, 2.05) is 0 Å². The zero-order chi connectivity index (χ0) is 16.3. The Morgan fingerprint density at radius 3 is 2.73 bits per heavy atom. The highest BCUT2D eigenvalue weighted by molar-refractivity contribution is 7.89. The van der Waals surface area contributed by atoms with Gasteiger partial charge < -0.3 is 15.8 Å². The predicted molar refractivity (Wildman–Crippen MR) is 83.0 cm³/mol. The van der Waals surface area contributed by atoms with Crippen LogP contribution in [0.3, 0.4) is 0 Å². The van der Waals surface area contributed by atoms with Gasteiger partial charge >= 0.3 is 0 Å². The molecule has 0 aliphatic carbocycles. The van der Waals surface area contributed by atoms with Crippen molar-refractivity contribution in [3.63, 3.8) is 0 Å². The Labute approximate surface area is 130 Å². The van der Waals surface area contributed by atoms with Crippen molar-refractivity contribution in [2.45, 2.75) is 36.9 Å². The van der Waals surface area contributed by atoms with Crippen LogP contribution >= 0.6 is 0 Å². The second-order valence-corrected chi connectivity index (χ2v) is 7.09. The van der Waals surface area contributed by atoms with Gasteiger partial charge in [0.15, 0.2) is 0 Å². The fourth-order valence-electron chi connectivity index (χ4n) is 2.37. The maximum atomic E-state index is 12.1. The largest absolute Gasteiger partial charge is 0.364 e. The SMILES string of the molecule is CNS(=O)(=O)c1cc(NC(=O)[C@@H]2CC[C@H](CN)O2)ccc1C. The van der Waals surface area contributed by atoms with Gasteiger partial charge in [-0.25, -0.2) is 13.1 Å². The molecule has 0 spiro atoms. The third-order valence-corrected chi connectivity index (χ3v) is 5.23. The lowest BCUT2D eigenvalue weighted by atomic mass is 10.2. The van der Waals surface area contributed by atoms with E-state index in [2.05, 4.69) is 10.0 Å². The van der Waals surface area contributed by atoms with Crippen molar-refractivity contribution in [2.75, 3.05) is 18.9 Å². The highest BCUT2D eigenvalue weighted by atomic mass is 32.2. The predicted octanol–water partition coefficient (Wildman–Crippen LogP) is 0.348. The fourth-order valence-corrected chi connectivity index (χ4v) is 3.37. The van der Waals surface area contributed by atoms with Crippen LogP contribution in [0, 0.1) is 6.92 Å². The molecule has 1 aliphatic rings. The third kappa shape index (κ3) is 3.64. The number of carbonyl (C=O) groups excluding carboxylic acids is 1. The minimum atomic E-state index is -3.57. The molecule has 7 nitrogen and oxygen atoms in total. The van der Waals surface area contributed by atoms with Crippen molar-refractivity contribution in [3.8, 4) is 0 Å². The minimum Gasteiger partial charge on any atom is -0.364 e. The summed E-state index contributed by atoms with van der Waals surface area (Å²) in [6, 6.07) is 4.75. The van der Waals surface area contributed by atoms with E-state index in [0.29, 0.717) is 24.2 Å². The Hall–Kier alpha value is -1.48. The fraction of sp³-hybridized carbons (Fsp3) is 0.500. The first-order valence-electron chi connectivity index (χ1n) is 7.08. The van der Waals surface area contributed by atoms with Gasteiger partial charge in [0.25, 0.3) is 5.91 Å². The first kappa shape index (κ1) is 16.9. The normalized spacial score (nSPS) is 21.8. The van der Waals surface area contributed by atoms with Gasteiger partial charge in [0.2, 0.25) is 10.0 Å². The molecule has 1 aromatic carbocycles. The average molecular weight is 327 g/mol. The zero-order valence-corrected chi connectivity index (χ0v) is 13.4. The standard InChI is InChI=1S/C14H21N3O4S/c1-9-3-4-10(7-13(9)22(19,20)16-2)17-14(18)12-6-5-11(8-15)21-12/h3-4,7,11-12,16H,5-6,8,15H2,1-2H3,(H,17,18)/t11-,12+/m1/s1. The van der Waals surface area contributed by atoms with Gasteiger partial charge in [0, 0.05) is 12.2 Å². The molecule has 2 rings (SSSR count). The maximum absolute atomic E-state index is 12.1. The summed E-state index contributed by atoms with van der Waals surface area (Å²) in [6.45, 7) is 2.08. The molecule has 22 heavy (non-hydrogen) atoms. The van der Waals surface area contributed by atoms with Crippen LogP contribution in [-0.4, -0.2) is 40.1 Å². The number of sulfonamides is 1. The van der Waals surface area contributed by atoms with E-state index in [1.165, 1.54) is 13.1 Å². The quantitative estimate of drug-likeness (QED) is 0.722. The summed E-state index contributed by atoms with van der Waals surface area (Å²) in [5.41, 5.74) is 6.54. The lowest BCUT2D eigenvalue weighted by Crippen LogP contribution is -2.30. The first-order valence-corrected chi connectivity index (χ1v) is 8.56. The van der Waals surface area contributed by atoms with E-state index in [4.69, 9.17) is 10.5 Å². The molecule has 1 aliphatic heterocycles. The van der Waals surface area contributed by atoms with Crippen molar-refractivity contribution in [2.24, 2.45) is 5.73 Å². The molecule has 1 saturated heterocycles. The van der Waals surface area contributed by atoms with Gasteiger partial charge in [0.05, 0.1) is 11.0 Å². The van der Waals surface area contributed by atoms with Crippen molar-refractivity contribution >= 4 is 21.6 Å². The van der Waals surface area contributed by atoms with Crippen LogP contribution in [0.1, 0.15) is 18.4 Å². The minimum absolute atomic E-state index is 0.0889. The van der Waals surface area contributed by atoms with Crippen molar-refractivity contribution < 1.29 is 17.9 Å². The lowest BCUT2D eigenvalue weighted by Gasteiger charge is -2.14. The molecule has 0 bridgehead atoms. The van der Waals surface area contributed by atoms with Gasteiger partial charge in [-0.05, 0) is 44.5 Å². The Balaban J connectivity index is 2.14. The van der Waals surface area contributed by atoms with Gasteiger partial charge in [-0.2, -0.15) is 0 Å². The summed E-state index contributed by atoms with van der Waals surface area (Å²) in [4.78, 5) is 12.3. The van der Waals surface area contributed by atoms with Crippen LogP contribution in [0.2, 0.25) is 0 Å². The molecular weight excluding hydrogens is 306 g/mol. The van der Waals surface area contributed by atoms with Crippen LogP contribution in [-0.2, 0) is 19.6 Å². The smallest absolute Gasteiger partial charge is 0.253 e. The number of amides is 1. The molecule has 1 amide bonds. The molecule has 1 heterocycles. The summed E-state index contributed by atoms with van der Waals surface area (Å²) in [7, 11) is -2.22. The highest BCUT2D eigenvalue weighted by Crippen LogP contribution is 2.23. The number of nitrogens with two attached hydrogens (primary N) is 1. The summed E-state index contributed by atoms with van der Waals surface area (Å²) in [5.74, 6) is -0.285. The molecule has 1 fully saturated rings. The molecule has 0 unspecified atom stereocenters. The summed E-state index contributed by atoms with van der Waals surface area (Å²) >= 11 is 0. The van der Waals surface area contributed by atoms with Gasteiger partial charge in [-0.3, -0.25) is 4.79 Å². The summed E-state index contributed by atoms with van der Waals surface area (Å²) in [5, 5.41) is 2.70. The molecule has 0 aromatic heterocycles. The van der Waals surface area contributed by atoms with E-state index in [0.717, 1.165) is 6.42 Å². The summed E-state index contributed by atoms with van der Waals surface area (Å²) in [6.07, 6.45) is 0.733. The number of rotatable bonds is 5. The van der Waals surface area contributed by atoms with Crippen LogP contribution in [0.5, 0.6) is 0 Å². The summed E-state index contributed by atoms with van der Waals surface area (Å²) < 4.78 is 31.7. The second kappa shape index (κ2) is 6.74. The topological polar surface area (TPSA) is 111 Å². The molecule has 0 saturated carbocycles. The highest BCUT2D eigenvalue weighted by Gasteiger charge is 2.30. The number of hydrogen-bond acceptors (Lipinski definition) is 5. The Kier molecular flexibility index (Phi) is 5.17. The molecule has 2 atom stereocenters. The number of benzene rings is 1. The lowest BCUT2D eigenvalue weighted by molar-refractivity contribution is -0.126. The van der Waals surface area contributed by atoms with Crippen LogP contribution in [0.4, 0.5) is 5.69 Å². The number of anilines is 1. The Bertz CT molecular complexity index is 660. The first-order chi connectivity index (χ1) is 10.4. The van der Waals surface area contributed by atoms with Gasteiger partial charge in [-0.15, -0.1) is 0 Å². The van der Waals surface area contributed by atoms with Crippen LogP contribution < -0.4 is 15.8 Å². The zero-order valence-electron chi connectivity index (χ0n) is 12.6. The second-order valence-electron chi connectivity index (χ2n) is 5.24. The van der Waals surface area contributed by atoms with Crippen molar-refractivity contribution in [3.05, 3.63) is 23.8 Å². The maximum Gasteiger partial charge on any atom is 0.253 e. The van der Waals surface area contributed by atoms with Gasteiger partial charge in [0.1, 0.15) is 6.10 Å². The van der Waals surface area contributed by atoms with E-state index in [1.54, 1.807) is 19.1 Å². The van der Waals surface area contributed by atoms with Crippen molar-refractivity contribution in [1.82, 2.24) is 4.72 Å². The molecule has 0 radical (unpaired) electrons. The molecule has 8 heteroatoms. The Morgan fingerprint density at radius 2 is 2.14 bits per heavy atom. The Morgan fingerprint density at radius 1 is 1.41 bits per heavy atom. The van der Waals surface area contributed by atoms with Gasteiger partial charge in [-0.1, -0.05) is 6.07 Å². The third-order valence-electron chi connectivity index (χ3n) is 3.68. The molecular formula is C14H21N3O4S.